The molecule has 2 rings (SSSR count). The predicted molar refractivity (Wildman–Crippen MR) is 75.2 cm³/mol. The number of hydrogen-bond donors (Lipinski definition) is 1. The van der Waals surface area contributed by atoms with E-state index in [1.807, 2.05) is 18.3 Å². The first kappa shape index (κ1) is 14.0. The van der Waals surface area contributed by atoms with E-state index in [-0.39, 0.29) is 12.2 Å². The largest absolute Gasteiger partial charge is 0.377 e. The van der Waals surface area contributed by atoms with Crippen LogP contribution in [0.25, 0.3) is 0 Å². The highest BCUT2D eigenvalue weighted by atomic mass is 32.1. The lowest BCUT2D eigenvalue weighted by molar-refractivity contribution is -0.132. The molecule has 0 aromatic carbocycles. The van der Waals surface area contributed by atoms with Crippen molar-refractivity contribution < 1.29 is 9.47 Å². The molecule has 4 unspecified atom stereocenters. The van der Waals surface area contributed by atoms with E-state index in [1.165, 1.54) is 9.75 Å². The molecule has 1 aliphatic rings. The SMILES string of the molecule is CCOC1CC(NC(C)c2ccc(C)s2)C1OC. The van der Waals surface area contributed by atoms with E-state index < -0.39 is 0 Å². The Hall–Kier alpha value is -0.420. The summed E-state index contributed by atoms with van der Waals surface area (Å²) in [5.74, 6) is 0. The molecule has 1 aromatic rings. The zero-order valence-electron chi connectivity index (χ0n) is 11.6. The maximum absolute atomic E-state index is 5.64. The molecule has 0 bridgehead atoms. The van der Waals surface area contributed by atoms with Crippen LogP contribution in [0.5, 0.6) is 0 Å². The van der Waals surface area contributed by atoms with Crippen molar-refractivity contribution in [1.29, 1.82) is 0 Å². The van der Waals surface area contributed by atoms with Gasteiger partial charge in [0.15, 0.2) is 0 Å². The minimum Gasteiger partial charge on any atom is -0.377 e. The van der Waals surface area contributed by atoms with Crippen LogP contribution in [0.15, 0.2) is 12.1 Å². The van der Waals surface area contributed by atoms with Crippen molar-refractivity contribution in [3.63, 3.8) is 0 Å². The average Bonchev–Trinajstić information content (AvgIpc) is 2.74. The molecule has 0 saturated heterocycles. The fourth-order valence-corrected chi connectivity index (χ4v) is 3.42. The van der Waals surface area contributed by atoms with Gasteiger partial charge in [-0.1, -0.05) is 0 Å². The maximum atomic E-state index is 5.64. The minimum atomic E-state index is 0.188. The van der Waals surface area contributed by atoms with E-state index in [0.29, 0.717) is 12.1 Å². The van der Waals surface area contributed by atoms with E-state index in [9.17, 15) is 0 Å². The third-order valence-corrected chi connectivity index (χ3v) is 4.74. The first-order valence-electron chi connectivity index (χ1n) is 6.62. The second-order valence-electron chi connectivity index (χ2n) is 4.87. The zero-order valence-corrected chi connectivity index (χ0v) is 12.4. The van der Waals surface area contributed by atoms with E-state index in [4.69, 9.17) is 9.47 Å². The van der Waals surface area contributed by atoms with Crippen LogP contribution in [0.1, 0.15) is 36.1 Å². The molecule has 0 aliphatic heterocycles. The van der Waals surface area contributed by atoms with Crippen LogP contribution >= 0.6 is 11.3 Å². The molecule has 1 fully saturated rings. The van der Waals surface area contributed by atoms with Crippen LogP contribution in [0.2, 0.25) is 0 Å². The van der Waals surface area contributed by atoms with E-state index in [1.54, 1.807) is 7.11 Å². The standard InChI is InChI=1S/C14H23NO2S/c1-5-17-12-8-11(14(12)16-4)15-10(3)13-7-6-9(2)18-13/h6-7,10-12,14-15H,5,8H2,1-4H3. The minimum absolute atomic E-state index is 0.188. The molecule has 1 N–H and O–H groups in total. The fourth-order valence-electron chi connectivity index (χ4n) is 2.53. The van der Waals surface area contributed by atoms with Gasteiger partial charge in [-0.25, -0.2) is 0 Å². The molecule has 0 radical (unpaired) electrons. The third-order valence-electron chi connectivity index (χ3n) is 3.55. The Kier molecular flexibility index (Phi) is 4.78. The van der Waals surface area contributed by atoms with Gasteiger partial charge in [0.25, 0.3) is 0 Å². The summed E-state index contributed by atoms with van der Waals surface area (Å²) < 4.78 is 11.2. The highest BCUT2D eigenvalue weighted by Crippen LogP contribution is 2.30. The molecule has 102 valence electrons. The van der Waals surface area contributed by atoms with Crippen molar-refractivity contribution in [3.8, 4) is 0 Å². The van der Waals surface area contributed by atoms with Crippen LogP contribution in [0, 0.1) is 6.92 Å². The summed E-state index contributed by atoms with van der Waals surface area (Å²) in [5.41, 5.74) is 0. The average molecular weight is 269 g/mol. The van der Waals surface area contributed by atoms with Crippen molar-refractivity contribution in [3.05, 3.63) is 21.9 Å². The topological polar surface area (TPSA) is 30.5 Å². The van der Waals surface area contributed by atoms with Crippen molar-refractivity contribution in [2.45, 2.75) is 51.5 Å². The van der Waals surface area contributed by atoms with Gasteiger partial charge in [0.1, 0.15) is 0 Å². The van der Waals surface area contributed by atoms with Gasteiger partial charge in [0.2, 0.25) is 0 Å². The van der Waals surface area contributed by atoms with Crippen LogP contribution in [0.4, 0.5) is 0 Å². The molecule has 3 nitrogen and oxygen atoms in total. The van der Waals surface area contributed by atoms with Gasteiger partial charge in [-0.05, 0) is 39.3 Å². The van der Waals surface area contributed by atoms with Crippen molar-refractivity contribution in [1.82, 2.24) is 5.32 Å². The first-order chi connectivity index (χ1) is 8.65. The van der Waals surface area contributed by atoms with Gasteiger partial charge < -0.3 is 14.8 Å². The molecular formula is C14H23NO2S. The summed E-state index contributed by atoms with van der Waals surface area (Å²) in [7, 11) is 1.77. The van der Waals surface area contributed by atoms with Gasteiger partial charge in [0, 0.05) is 35.6 Å². The Labute approximate surface area is 113 Å². The Morgan fingerprint density at radius 3 is 2.83 bits per heavy atom. The van der Waals surface area contributed by atoms with Gasteiger partial charge >= 0.3 is 0 Å². The molecule has 1 heterocycles. The molecule has 1 saturated carbocycles. The zero-order chi connectivity index (χ0) is 13.1. The van der Waals surface area contributed by atoms with Crippen molar-refractivity contribution in [2.24, 2.45) is 0 Å². The Balaban J connectivity index is 1.87. The van der Waals surface area contributed by atoms with Gasteiger partial charge in [-0.15, -0.1) is 11.3 Å². The second-order valence-corrected chi connectivity index (χ2v) is 6.19. The number of aryl methyl sites for hydroxylation is 1. The van der Waals surface area contributed by atoms with Gasteiger partial charge in [-0.2, -0.15) is 0 Å². The smallest absolute Gasteiger partial charge is 0.0987 e. The molecule has 1 aliphatic carbocycles. The third kappa shape index (κ3) is 2.94. The lowest BCUT2D eigenvalue weighted by Crippen LogP contribution is -2.60. The summed E-state index contributed by atoms with van der Waals surface area (Å²) in [6.45, 7) is 7.15. The lowest BCUT2D eigenvalue weighted by Gasteiger charge is -2.44. The van der Waals surface area contributed by atoms with Crippen LogP contribution in [0.3, 0.4) is 0 Å². The summed E-state index contributed by atoms with van der Waals surface area (Å²) in [4.78, 5) is 2.75. The lowest BCUT2D eigenvalue weighted by atomic mass is 9.84. The van der Waals surface area contributed by atoms with Crippen LogP contribution < -0.4 is 5.32 Å². The number of hydrogen-bond acceptors (Lipinski definition) is 4. The normalized spacial score (nSPS) is 29.0. The molecule has 1 aromatic heterocycles. The maximum Gasteiger partial charge on any atom is 0.0987 e. The summed E-state index contributed by atoms with van der Waals surface area (Å²) in [5, 5.41) is 3.64. The van der Waals surface area contributed by atoms with Crippen molar-refractivity contribution in [2.75, 3.05) is 13.7 Å². The predicted octanol–water partition coefficient (Wildman–Crippen LogP) is 2.90. The number of methoxy groups -OCH3 is 1. The van der Waals surface area contributed by atoms with Gasteiger partial charge in [-0.3, -0.25) is 0 Å². The van der Waals surface area contributed by atoms with E-state index in [0.717, 1.165) is 13.0 Å². The quantitative estimate of drug-likeness (QED) is 0.861. The Morgan fingerprint density at radius 2 is 2.28 bits per heavy atom. The molecule has 18 heavy (non-hydrogen) atoms. The number of ether oxygens (including phenoxy) is 2. The molecule has 0 amide bonds. The molecule has 4 atom stereocenters. The van der Waals surface area contributed by atoms with E-state index >= 15 is 0 Å². The summed E-state index contributed by atoms with van der Waals surface area (Å²) in [6, 6.07) is 5.17. The van der Waals surface area contributed by atoms with E-state index in [2.05, 4.69) is 31.3 Å². The Morgan fingerprint density at radius 1 is 1.50 bits per heavy atom. The highest BCUT2D eigenvalue weighted by molar-refractivity contribution is 7.12. The van der Waals surface area contributed by atoms with Crippen molar-refractivity contribution >= 4 is 11.3 Å². The number of rotatable bonds is 6. The summed E-state index contributed by atoms with van der Waals surface area (Å²) >= 11 is 1.86. The number of nitrogens with one attached hydrogen (secondary N) is 1. The van der Waals surface area contributed by atoms with Gasteiger partial charge in [0.05, 0.1) is 12.2 Å². The second kappa shape index (κ2) is 6.15. The highest BCUT2D eigenvalue weighted by Gasteiger charge is 2.42. The molecule has 0 spiro atoms. The molecule has 4 heteroatoms. The van der Waals surface area contributed by atoms with Crippen LogP contribution in [-0.4, -0.2) is 32.0 Å². The van der Waals surface area contributed by atoms with Crippen LogP contribution in [-0.2, 0) is 9.47 Å². The monoisotopic (exact) mass is 269 g/mol. The fraction of sp³-hybridized carbons (Fsp3) is 0.714. The molecular weight excluding hydrogens is 246 g/mol. The Bertz CT molecular complexity index is 380. The number of thiophene rings is 1. The summed E-state index contributed by atoms with van der Waals surface area (Å²) in [6.07, 6.45) is 1.49. The first-order valence-corrected chi connectivity index (χ1v) is 7.44.